The van der Waals surface area contributed by atoms with Gasteiger partial charge < -0.3 is 5.11 Å². The summed E-state index contributed by atoms with van der Waals surface area (Å²) in [5, 5.41) is 10.0. The largest absolute Gasteiger partial charge is 0.393 e. The second kappa shape index (κ2) is 4.32. The van der Waals surface area contributed by atoms with E-state index in [1.54, 1.807) is 5.57 Å². The molecule has 4 aliphatic carbocycles. The Morgan fingerprint density at radius 1 is 1.19 bits per heavy atom. The Hall–Kier alpha value is -0.890. The van der Waals surface area contributed by atoms with Gasteiger partial charge in [-0.05, 0) is 67.8 Å². The van der Waals surface area contributed by atoms with Crippen LogP contribution < -0.4 is 0 Å². The highest BCUT2D eigenvalue weighted by molar-refractivity contribution is 5.98. The van der Waals surface area contributed by atoms with Gasteiger partial charge in [0, 0.05) is 5.41 Å². The fraction of sp³-hybridized carbons (Fsp3) is 0.737. The van der Waals surface area contributed by atoms with Crippen LogP contribution in [0.15, 0.2) is 23.8 Å². The Morgan fingerprint density at radius 3 is 2.81 bits per heavy atom. The van der Waals surface area contributed by atoms with Crippen LogP contribution in [-0.4, -0.2) is 17.0 Å². The van der Waals surface area contributed by atoms with Gasteiger partial charge in [-0.15, -0.1) is 0 Å². The van der Waals surface area contributed by atoms with Crippen LogP contribution in [0.1, 0.15) is 52.4 Å². The summed E-state index contributed by atoms with van der Waals surface area (Å²) < 4.78 is 0. The van der Waals surface area contributed by atoms with Crippen molar-refractivity contribution in [1.29, 1.82) is 0 Å². The predicted molar refractivity (Wildman–Crippen MR) is 82.6 cm³/mol. The molecule has 0 aromatic carbocycles. The highest BCUT2D eigenvalue weighted by Crippen LogP contribution is 2.62. The predicted octanol–water partition coefficient (Wildman–Crippen LogP) is 3.66. The number of allylic oxidation sites excluding steroid dienone is 4. The van der Waals surface area contributed by atoms with Crippen LogP contribution in [0, 0.1) is 28.6 Å². The molecule has 114 valence electrons. The number of aliphatic hydroxyl groups excluding tert-OH is 1. The fourth-order valence-electron chi connectivity index (χ4n) is 5.81. The third-order valence-corrected chi connectivity index (χ3v) is 7.27. The Labute approximate surface area is 127 Å². The van der Waals surface area contributed by atoms with Gasteiger partial charge in [0.05, 0.1) is 6.10 Å². The van der Waals surface area contributed by atoms with E-state index in [2.05, 4.69) is 26.0 Å². The van der Waals surface area contributed by atoms with E-state index in [9.17, 15) is 9.90 Å². The molecule has 0 aromatic heterocycles. The molecular formula is C19H26O2. The second-order valence-corrected chi connectivity index (χ2v) is 8.26. The average Bonchev–Trinajstić information content (AvgIpc) is 2.76. The van der Waals surface area contributed by atoms with Gasteiger partial charge in [0.1, 0.15) is 0 Å². The minimum Gasteiger partial charge on any atom is -0.393 e. The summed E-state index contributed by atoms with van der Waals surface area (Å²) in [6.45, 7) is 4.58. The van der Waals surface area contributed by atoms with Crippen molar-refractivity contribution in [2.75, 3.05) is 0 Å². The molecule has 4 aliphatic rings. The number of carbonyl (C=O) groups is 1. The van der Waals surface area contributed by atoms with Crippen molar-refractivity contribution in [1.82, 2.24) is 0 Å². The van der Waals surface area contributed by atoms with E-state index in [0.717, 1.165) is 25.7 Å². The van der Waals surface area contributed by atoms with Crippen LogP contribution >= 0.6 is 0 Å². The van der Waals surface area contributed by atoms with E-state index in [4.69, 9.17) is 0 Å². The summed E-state index contributed by atoms with van der Waals surface area (Å²) in [7, 11) is 0. The van der Waals surface area contributed by atoms with Crippen LogP contribution in [0.25, 0.3) is 0 Å². The summed E-state index contributed by atoms with van der Waals surface area (Å²) in [4.78, 5) is 12.3. The van der Waals surface area contributed by atoms with Crippen LogP contribution in [0.4, 0.5) is 0 Å². The first kappa shape index (κ1) is 13.8. The molecule has 0 saturated heterocycles. The molecule has 6 unspecified atom stereocenters. The molecule has 0 aliphatic heterocycles. The van der Waals surface area contributed by atoms with Crippen LogP contribution in [0.3, 0.4) is 0 Å². The van der Waals surface area contributed by atoms with E-state index in [1.807, 2.05) is 6.08 Å². The Kier molecular flexibility index (Phi) is 2.83. The van der Waals surface area contributed by atoms with E-state index >= 15 is 0 Å². The number of ketones is 1. The molecule has 0 spiro atoms. The smallest absolute Gasteiger partial charge is 0.162 e. The summed E-state index contributed by atoms with van der Waals surface area (Å²) in [6, 6.07) is 0. The minimum absolute atomic E-state index is 0.0953. The van der Waals surface area contributed by atoms with Gasteiger partial charge in [-0.25, -0.2) is 0 Å². The van der Waals surface area contributed by atoms with Gasteiger partial charge >= 0.3 is 0 Å². The van der Waals surface area contributed by atoms with Crippen molar-refractivity contribution in [3.63, 3.8) is 0 Å². The summed E-state index contributed by atoms with van der Waals surface area (Å²) in [6.07, 6.45) is 12.7. The molecule has 6 atom stereocenters. The van der Waals surface area contributed by atoms with Crippen LogP contribution in [0.5, 0.6) is 0 Å². The first-order valence-electron chi connectivity index (χ1n) is 8.56. The first-order valence-corrected chi connectivity index (χ1v) is 8.56. The number of aliphatic hydroxyl groups is 1. The topological polar surface area (TPSA) is 37.3 Å². The maximum atomic E-state index is 12.3. The quantitative estimate of drug-likeness (QED) is 0.690. The molecule has 0 heterocycles. The maximum absolute atomic E-state index is 12.3. The van der Waals surface area contributed by atoms with Gasteiger partial charge in [-0.3, -0.25) is 4.79 Å². The third kappa shape index (κ3) is 1.72. The molecular weight excluding hydrogens is 260 g/mol. The van der Waals surface area contributed by atoms with E-state index in [0.29, 0.717) is 23.5 Å². The molecule has 4 rings (SSSR count). The maximum Gasteiger partial charge on any atom is 0.162 e. The molecule has 21 heavy (non-hydrogen) atoms. The number of rotatable bonds is 0. The van der Waals surface area contributed by atoms with Crippen molar-refractivity contribution in [2.24, 2.45) is 28.6 Å². The molecule has 0 radical (unpaired) electrons. The molecule has 1 N–H and O–H groups in total. The summed E-state index contributed by atoms with van der Waals surface area (Å²) >= 11 is 0. The zero-order valence-electron chi connectivity index (χ0n) is 13.1. The second-order valence-electron chi connectivity index (χ2n) is 8.26. The molecule has 2 nitrogen and oxygen atoms in total. The molecule has 0 bridgehead atoms. The van der Waals surface area contributed by atoms with E-state index < -0.39 is 0 Å². The Balaban J connectivity index is 1.73. The van der Waals surface area contributed by atoms with Gasteiger partial charge in [0.2, 0.25) is 0 Å². The lowest BCUT2D eigenvalue weighted by Crippen LogP contribution is -2.48. The molecule has 2 fully saturated rings. The van der Waals surface area contributed by atoms with Crippen molar-refractivity contribution in [3.8, 4) is 0 Å². The molecule has 0 aromatic rings. The van der Waals surface area contributed by atoms with Gasteiger partial charge in [0.25, 0.3) is 0 Å². The number of hydrogen-bond donors (Lipinski definition) is 1. The monoisotopic (exact) mass is 286 g/mol. The van der Waals surface area contributed by atoms with Crippen molar-refractivity contribution in [2.45, 2.75) is 58.5 Å². The first-order chi connectivity index (χ1) is 9.95. The van der Waals surface area contributed by atoms with Crippen molar-refractivity contribution >= 4 is 5.78 Å². The fourth-order valence-corrected chi connectivity index (χ4v) is 5.81. The SMILES string of the molecule is CC12CCC(O)CC1CCC1C2=CCC2(C)C(=O)C=CC12. The zero-order valence-corrected chi connectivity index (χ0v) is 13.1. The van der Waals surface area contributed by atoms with Gasteiger partial charge in [-0.1, -0.05) is 31.6 Å². The van der Waals surface area contributed by atoms with Crippen molar-refractivity contribution in [3.05, 3.63) is 23.8 Å². The molecule has 0 amide bonds. The summed E-state index contributed by atoms with van der Waals surface area (Å²) in [5.41, 5.74) is 1.71. The van der Waals surface area contributed by atoms with Crippen molar-refractivity contribution < 1.29 is 9.90 Å². The highest BCUT2D eigenvalue weighted by atomic mass is 16.3. The lowest BCUT2D eigenvalue weighted by Gasteiger charge is -2.55. The normalized spacial score (nSPS) is 52.0. The Morgan fingerprint density at radius 2 is 2.00 bits per heavy atom. The minimum atomic E-state index is -0.175. The van der Waals surface area contributed by atoms with Crippen LogP contribution in [0.2, 0.25) is 0 Å². The standard InChI is InChI=1S/C19H26O2/c1-18-9-7-13(20)11-12(18)3-4-14-15-5-6-17(21)19(15,2)10-8-16(14)18/h5-6,8,12-15,20H,3-4,7,9-11H2,1-2H3. The summed E-state index contributed by atoms with van der Waals surface area (Å²) in [5.74, 6) is 1.93. The lowest BCUT2D eigenvalue weighted by molar-refractivity contribution is -0.125. The van der Waals surface area contributed by atoms with E-state index in [1.165, 1.54) is 12.8 Å². The number of hydrogen-bond acceptors (Lipinski definition) is 2. The average molecular weight is 286 g/mol. The van der Waals surface area contributed by atoms with E-state index in [-0.39, 0.29) is 16.9 Å². The lowest BCUT2D eigenvalue weighted by atomic mass is 9.49. The highest BCUT2D eigenvalue weighted by Gasteiger charge is 2.55. The van der Waals surface area contributed by atoms with Crippen LogP contribution in [-0.2, 0) is 4.79 Å². The number of carbonyl (C=O) groups excluding carboxylic acids is 1. The number of fused-ring (bicyclic) bond motifs is 5. The molecule has 2 heteroatoms. The Bertz CT molecular complexity index is 546. The van der Waals surface area contributed by atoms with Gasteiger partial charge in [-0.2, -0.15) is 0 Å². The third-order valence-electron chi connectivity index (χ3n) is 7.27. The molecule has 2 saturated carbocycles. The zero-order chi connectivity index (χ0) is 14.8. The van der Waals surface area contributed by atoms with Gasteiger partial charge in [0.15, 0.2) is 5.78 Å².